The van der Waals surface area contributed by atoms with Crippen molar-refractivity contribution in [2.24, 2.45) is 0 Å². The van der Waals surface area contributed by atoms with E-state index in [1.54, 1.807) is 18.4 Å². The molecule has 2 aromatic heterocycles. The van der Waals surface area contributed by atoms with E-state index in [4.69, 9.17) is 8.83 Å². The van der Waals surface area contributed by atoms with Crippen molar-refractivity contribution in [3.05, 3.63) is 95.9 Å². The monoisotopic (exact) mass is 411 g/mol. The van der Waals surface area contributed by atoms with Crippen molar-refractivity contribution in [2.45, 2.75) is 6.04 Å². The average Bonchev–Trinajstić information content (AvgIpc) is 3.51. The normalized spacial score (nSPS) is 14.6. The van der Waals surface area contributed by atoms with E-state index in [-0.39, 0.29) is 6.04 Å². The van der Waals surface area contributed by atoms with Crippen LogP contribution in [0.3, 0.4) is 0 Å². The third-order valence-electron chi connectivity index (χ3n) is 5.81. The molecule has 0 radical (unpaired) electrons. The summed E-state index contributed by atoms with van der Waals surface area (Å²) < 4.78 is 11.3. The molecule has 0 saturated carbocycles. The van der Waals surface area contributed by atoms with Crippen LogP contribution in [0, 0.1) is 11.3 Å². The summed E-state index contributed by atoms with van der Waals surface area (Å²) in [5, 5.41) is 9.56. The Hall–Kier alpha value is -3.82. The van der Waals surface area contributed by atoms with Crippen molar-refractivity contribution in [3.8, 4) is 17.7 Å². The Morgan fingerprint density at radius 3 is 2.10 bits per heavy atom. The molecule has 0 amide bonds. The van der Waals surface area contributed by atoms with Gasteiger partial charge in [0.2, 0.25) is 11.6 Å². The van der Waals surface area contributed by atoms with Crippen molar-refractivity contribution in [1.29, 1.82) is 5.26 Å². The molecule has 0 atom stereocenters. The van der Waals surface area contributed by atoms with E-state index in [2.05, 4.69) is 76.6 Å². The molecule has 1 fully saturated rings. The fourth-order valence-corrected chi connectivity index (χ4v) is 4.35. The topological polar surface area (TPSA) is 70.6 Å². The van der Waals surface area contributed by atoms with E-state index in [9.17, 15) is 5.26 Å². The Labute approximate surface area is 181 Å². The van der Waals surface area contributed by atoms with Crippen molar-refractivity contribution < 1.29 is 13.7 Å². The number of anilines is 1. The molecule has 1 aliphatic rings. The van der Waals surface area contributed by atoms with Gasteiger partial charge in [0.1, 0.15) is 12.1 Å². The SMILES string of the molecule is N#Cc1nc(-c2ccco2)oc1N1CC[NH+](C(c2ccccc2)c2ccccc2)CC1. The van der Waals surface area contributed by atoms with E-state index in [0.29, 0.717) is 23.2 Å². The minimum atomic E-state index is 0.272. The van der Waals surface area contributed by atoms with Crippen LogP contribution < -0.4 is 9.80 Å². The summed E-state index contributed by atoms with van der Waals surface area (Å²) >= 11 is 0. The molecule has 31 heavy (non-hydrogen) atoms. The second-order valence-corrected chi connectivity index (χ2v) is 7.66. The van der Waals surface area contributed by atoms with Gasteiger partial charge in [-0.05, 0) is 12.1 Å². The van der Waals surface area contributed by atoms with Crippen LogP contribution in [0.5, 0.6) is 0 Å². The number of aromatic nitrogens is 1. The first-order valence-electron chi connectivity index (χ1n) is 10.5. The number of nitrogens with one attached hydrogen (secondary N) is 1. The van der Waals surface area contributed by atoms with Crippen molar-refractivity contribution in [2.75, 3.05) is 31.1 Å². The predicted molar refractivity (Wildman–Crippen MR) is 117 cm³/mol. The maximum Gasteiger partial charge on any atom is 0.266 e. The maximum absolute atomic E-state index is 9.56. The Morgan fingerprint density at radius 1 is 0.903 bits per heavy atom. The molecule has 5 rings (SSSR count). The lowest BCUT2D eigenvalue weighted by atomic mass is 9.96. The highest BCUT2D eigenvalue weighted by Crippen LogP contribution is 2.28. The van der Waals surface area contributed by atoms with Gasteiger partial charge >= 0.3 is 0 Å². The summed E-state index contributed by atoms with van der Waals surface area (Å²) in [5.74, 6) is 1.40. The highest BCUT2D eigenvalue weighted by atomic mass is 16.4. The largest absolute Gasteiger partial charge is 0.459 e. The fourth-order valence-electron chi connectivity index (χ4n) is 4.35. The quantitative estimate of drug-likeness (QED) is 0.546. The Morgan fingerprint density at radius 2 is 1.55 bits per heavy atom. The number of hydrogen-bond donors (Lipinski definition) is 1. The highest BCUT2D eigenvalue weighted by molar-refractivity contribution is 5.55. The molecular weight excluding hydrogens is 388 g/mol. The summed E-state index contributed by atoms with van der Waals surface area (Å²) in [7, 11) is 0. The molecule has 3 heterocycles. The zero-order chi connectivity index (χ0) is 21.0. The number of nitriles is 1. The molecule has 2 aromatic carbocycles. The minimum absolute atomic E-state index is 0.272. The number of piperazine rings is 1. The van der Waals surface area contributed by atoms with Gasteiger partial charge in [-0.2, -0.15) is 10.2 Å². The lowest BCUT2D eigenvalue weighted by Gasteiger charge is -2.36. The molecule has 6 nitrogen and oxygen atoms in total. The molecule has 1 N–H and O–H groups in total. The Kier molecular flexibility index (Phi) is 5.26. The molecule has 4 aromatic rings. The van der Waals surface area contributed by atoms with Gasteiger partial charge in [-0.3, -0.25) is 0 Å². The number of quaternary nitrogens is 1. The smallest absolute Gasteiger partial charge is 0.266 e. The number of furan rings is 1. The van der Waals surface area contributed by atoms with Gasteiger partial charge < -0.3 is 18.6 Å². The molecule has 0 bridgehead atoms. The number of rotatable bonds is 5. The first-order valence-corrected chi connectivity index (χ1v) is 10.5. The predicted octanol–water partition coefficient (Wildman–Crippen LogP) is 3.30. The minimum Gasteiger partial charge on any atom is -0.459 e. The van der Waals surface area contributed by atoms with Gasteiger partial charge in [0.05, 0.1) is 32.4 Å². The zero-order valence-corrected chi connectivity index (χ0v) is 17.1. The molecule has 1 saturated heterocycles. The number of oxazole rings is 1. The lowest BCUT2D eigenvalue weighted by molar-refractivity contribution is -0.926. The Balaban J connectivity index is 1.38. The third-order valence-corrected chi connectivity index (χ3v) is 5.81. The molecule has 6 heteroatoms. The first kappa shape index (κ1) is 19.2. The van der Waals surface area contributed by atoms with Crippen LogP contribution in [-0.4, -0.2) is 31.2 Å². The number of benzene rings is 2. The first-order chi connectivity index (χ1) is 15.3. The van der Waals surface area contributed by atoms with Gasteiger partial charge in [-0.1, -0.05) is 60.7 Å². The van der Waals surface area contributed by atoms with Crippen LogP contribution in [0.25, 0.3) is 11.7 Å². The molecular formula is C25H23N4O2+. The second kappa shape index (κ2) is 8.50. The van der Waals surface area contributed by atoms with E-state index in [1.807, 2.05) is 0 Å². The van der Waals surface area contributed by atoms with E-state index in [0.717, 1.165) is 26.2 Å². The zero-order valence-electron chi connectivity index (χ0n) is 17.1. The van der Waals surface area contributed by atoms with Gasteiger partial charge in [0.25, 0.3) is 5.89 Å². The van der Waals surface area contributed by atoms with Crippen LogP contribution in [-0.2, 0) is 0 Å². The van der Waals surface area contributed by atoms with Gasteiger partial charge in [0, 0.05) is 11.1 Å². The summed E-state index contributed by atoms with van der Waals surface area (Å²) in [5.41, 5.74) is 2.93. The van der Waals surface area contributed by atoms with Crippen molar-refractivity contribution in [3.63, 3.8) is 0 Å². The molecule has 154 valence electrons. The number of hydrogen-bond acceptors (Lipinski definition) is 5. The fraction of sp³-hybridized carbons (Fsp3) is 0.200. The molecule has 1 aliphatic heterocycles. The second-order valence-electron chi connectivity index (χ2n) is 7.66. The lowest BCUT2D eigenvalue weighted by Crippen LogP contribution is -3.15. The maximum atomic E-state index is 9.56. The van der Waals surface area contributed by atoms with E-state index >= 15 is 0 Å². The summed E-state index contributed by atoms with van der Waals surface area (Å²) in [6.07, 6.45) is 1.57. The van der Waals surface area contributed by atoms with Crippen LogP contribution in [0.2, 0.25) is 0 Å². The van der Waals surface area contributed by atoms with Crippen molar-refractivity contribution >= 4 is 5.88 Å². The average molecular weight is 411 g/mol. The van der Waals surface area contributed by atoms with Crippen LogP contribution in [0.15, 0.2) is 87.9 Å². The van der Waals surface area contributed by atoms with Gasteiger partial charge in [0.15, 0.2) is 5.76 Å². The van der Waals surface area contributed by atoms with Crippen LogP contribution in [0.1, 0.15) is 22.9 Å². The van der Waals surface area contributed by atoms with Crippen LogP contribution >= 0.6 is 0 Å². The number of nitrogens with zero attached hydrogens (tertiary/aromatic N) is 3. The summed E-state index contributed by atoms with van der Waals surface area (Å²) in [6.45, 7) is 3.42. The Bertz CT molecular complexity index is 1120. The third kappa shape index (κ3) is 3.83. The summed E-state index contributed by atoms with van der Waals surface area (Å²) in [6, 6.07) is 27.3. The standard InChI is InChI=1S/C25H22N4O2/c26-18-21-25(31-24(27-21)22-12-7-17-30-22)29-15-13-28(14-16-29)23(19-8-3-1-4-9-19)20-10-5-2-6-11-20/h1-12,17,23H,13-16H2/p+1. The van der Waals surface area contributed by atoms with Crippen molar-refractivity contribution in [1.82, 2.24) is 4.98 Å². The van der Waals surface area contributed by atoms with Gasteiger partial charge in [-0.15, -0.1) is 0 Å². The van der Waals surface area contributed by atoms with Crippen LogP contribution in [0.4, 0.5) is 5.88 Å². The summed E-state index contributed by atoms with van der Waals surface area (Å²) in [4.78, 5) is 7.94. The highest BCUT2D eigenvalue weighted by Gasteiger charge is 2.32. The molecule has 0 unspecified atom stereocenters. The van der Waals surface area contributed by atoms with E-state index < -0.39 is 0 Å². The van der Waals surface area contributed by atoms with Gasteiger partial charge in [-0.25, -0.2) is 0 Å². The molecule has 0 aliphatic carbocycles. The molecule has 0 spiro atoms. The van der Waals surface area contributed by atoms with E-state index in [1.165, 1.54) is 16.0 Å².